The van der Waals surface area contributed by atoms with E-state index in [0.29, 0.717) is 12.0 Å². The molecule has 1 unspecified atom stereocenters. The molecule has 2 N–H and O–H groups in total. The minimum atomic E-state index is -0.660. The fourth-order valence-electron chi connectivity index (χ4n) is 2.92. The molecule has 0 saturated carbocycles. The van der Waals surface area contributed by atoms with Crippen LogP contribution in [-0.2, 0) is 16.0 Å². The number of phenolic OH excluding ortho intramolecular Hbond substituents is 2. The topological polar surface area (TPSA) is 102 Å². The van der Waals surface area contributed by atoms with Gasteiger partial charge in [-0.05, 0) is 18.6 Å². The van der Waals surface area contributed by atoms with E-state index in [0.717, 1.165) is 0 Å². The maximum Gasteiger partial charge on any atom is 0.342 e. The average molecular weight is 332 g/mol. The highest BCUT2D eigenvalue weighted by Crippen LogP contribution is 2.47. The van der Waals surface area contributed by atoms with Crippen molar-refractivity contribution in [3.8, 4) is 23.0 Å². The van der Waals surface area contributed by atoms with Crippen molar-refractivity contribution in [2.75, 3.05) is 7.11 Å². The zero-order valence-corrected chi connectivity index (χ0v) is 13.4. The van der Waals surface area contributed by atoms with Gasteiger partial charge in [-0.2, -0.15) is 0 Å². The molecule has 0 radical (unpaired) electrons. The van der Waals surface area contributed by atoms with Gasteiger partial charge in [0, 0.05) is 24.8 Å². The Bertz CT molecular complexity index is 869. The third-order valence-electron chi connectivity index (χ3n) is 3.87. The number of rotatable bonds is 2. The number of fused-ring (bicyclic) bond motifs is 2. The van der Waals surface area contributed by atoms with E-state index in [2.05, 4.69) is 0 Å². The molecule has 0 aromatic heterocycles. The van der Waals surface area contributed by atoms with Crippen LogP contribution in [-0.4, -0.2) is 35.4 Å². The van der Waals surface area contributed by atoms with Gasteiger partial charge in [0.2, 0.25) is 0 Å². The highest BCUT2D eigenvalue weighted by atomic mass is 16.5. The second kappa shape index (κ2) is 5.59. The molecule has 24 heavy (non-hydrogen) atoms. The van der Waals surface area contributed by atoms with Gasteiger partial charge in [-0.25, -0.2) is 4.79 Å². The normalized spacial score (nSPS) is 16.5. The van der Waals surface area contributed by atoms with Crippen LogP contribution in [0.5, 0.6) is 23.0 Å². The third-order valence-corrected chi connectivity index (χ3v) is 3.87. The van der Waals surface area contributed by atoms with Crippen LogP contribution >= 0.6 is 0 Å². The Hall–Kier alpha value is -2.96. The van der Waals surface area contributed by atoms with Crippen LogP contribution in [0.15, 0.2) is 12.1 Å². The summed E-state index contributed by atoms with van der Waals surface area (Å²) in [6.45, 7) is 2.94. The van der Waals surface area contributed by atoms with E-state index < -0.39 is 17.7 Å². The fourth-order valence-corrected chi connectivity index (χ4v) is 2.92. The van der Waals surface area contributed by atoms with Crippen LogP contribution in [0.4, 0.5) is 0 Å². The first-order chi connectivity index (χ1) is 11.3. The number of carbonyl (C=O) groups is 2. The minimum absolute atomic E-state index is 0.0126. The number of hydrogen-bond donors (Lipinski definition) is 2. The molecule has 1 aliphatic heterocycles. The molecule has 0 fully saturated rings. The molecule has 7 nitrogen and oxygen atoms in total. The summed E-state index contributed by atoms with van der Waals surface area (Å²) in [6.07, 6.45) is 0.0481. The van der Waals surface area contributed by atoms with Gasteiger partial charge in [-0.1, -0.05) is 0 Å². The van der Waals surface area contributed by atoms with Gasteiger partial charge in [0.15, 0.2) is 11.5 Å². The Kier molecular flexibility index (Phi) is 3.71. The predicted octanol–water partition coefficient (Wildman–Crippen LogP) is 2.29. The standard InChI is InChI=1S/C17H16O7/c1-7-4-9-5-10-14(16(20)13(9)17(21)23-7)11(24-8(2)18)6-12(22-3)15(10)19/h5-7,19-20H,4H2,1-3H3. The van der Waals surface area contributed by atoms with Crippen LogP contribution in [0.3, 0.4) is 0 Å². The first-order valence-corrected chi connectivity index (χ1v) is 7.31. The van der Waals surface area contributed by atoms with Gasteiger partial charge in [-0.3, -0.25) is 4.79 Å². The number of esters is 2. The van der Waals surface area contributed by atoms with Gasteiger partial charge in [0.1, 0.15) is 23.2 Å². The Morgan fingerprint density at radius 1 is 1.25 bits per heavy atom. The molecule has 3 rings (SSSR count). The highest BCUT2D eigenvalue weighted by molar-refractivity contribution is 6.08. The van der Waals surface area contributed by atoms with E-state index >= 15 is 0 Å². The quantitative estimate of drug-likeness (QED) is 0.642. The minimum Gasteiger partial charge on any atom is -0.506 e. The fraction of sp³-hybridized carbons (Fsp3) is 0.294. The van der Waals surface area contributed by atoms with Crippen LogP contribution in [0.2, 0.25) is 0 Å². The summed E-state index contributed by atoms with van der Waals surface area (Å²) < 4.78 is 15.3. The van der Waals surface area contributed by atoms with Crippen LogP contribution in [0.25, 0.3) is 10.8 Å². The summed E-state index contributed by atoms with van der Waals surface area (Å²) in [4.78, 5) is 23.5. The first-order valence-electron chi connectivity index (χ1n) is 7.31. The van der Waals surface area contributed by atoms with Gasteiger partial charge in [-0.15, -0.1) is 0 Å². The zero-order chi connectivity index (χ0) is 17.6. The monoisotopic (exact) mass is 332 g/mol. The van der Waals surface area contributed by atoms with Crippen molar-refractivity contribution in [3.05, 3.63) is 23.3 Å². The molecule has 2 aromatic carbocycles. The van der Waals surface area contributed by atoms with Crippen molar-refractivity contribution in [3.63, 3.8) is 0 Å². The Balaban J connectivity index is 2.40. The van der Waals surface area contributed by atoms with E-state index in [9.17, 15) is 19.8 Å². The summed E-state index contributed by atoms with van der Waals surface area (Å²) in [7, 11) is 1.36. The maximum absolute atomic E-state index is 12.1. The van der Waals surface area contributed by atoms with E-state index in [1.807, 2.05) is 0 Å². The SMILES string of the molecule is COc1cc(OC(C)=O)c2c(O)c3c(cc2c1O)CC(C)OC3=O. The van der Waals surface area contributed by atoms with E-state index in [4.69, 9.17) is 14.2 Å². The van der Waals surface area contributed by atoms with Crippen LogP contribution in [0, 0.1) is 0 Å². The van der Waals surface area contributed by atoms with Crippen molar-refractivity contribution < 1.29 is 34.0 Å². The lowest BCUT2D eigenvalue weighted by molar-refractivity contribution is -0.131. The molecule has 0 aliphatic carbocycles. The lowest BCUT2D eigenvalue weighted by atomic mass is 9.93. The van der Waals surface area contributed by atoms with Gasteiger partial charge in [0.05, 0.1) is 12.5 Å². The third kappa shape index (κ3) is 2.38. The van der Waals surface area contributed by atoms with Crippen LogP contribution in [0.1, 0.15) is 29.8 Å². The van der Waals surface area contributed by atoms with Gasteiger partial charge < -0.3 is 24.4 Å². The Labute approximate surface area is 137 Å². The maximum atomic E-state index is 12.1. The van der Waals surface area contributed by atoms with E-state index in [1.54, 1.807) is 13.0 Å². The molecule has 0 saturated heterocycles. The second-order valence-corrected chi connectivity index (χ2v) is 5.62. The van der Waals surface area contributed by atoms with E-state index in [1.165, 1.54) is 20.1 Å². The van der Waals surface area contributed by atoms with Crippen molar-refractivity contribution >= 4 is 22.7 Å². The summed E-state index contributed by atoms with van der Waals surface area (Å²) in [5.74, 6) is -1.81. The number of cyclic esters (lactones) is 1. The summed E-state index contributed by atoms with van der Waals surface area (Å²) in [5.41, 5.74) is 0.555. The number of methoxy groups -OCH3 is 1. The highest BCUT2D eigenvalue weighted by Gasteiger charge is 2.31. The molecule has 1 aliphatic rings. The molecule has 1 heterocycles. The number of phenols is 2. The van der Waals surface area contributed by atoms with Gasteiger partial charge >= 0.3 is 11.9 Å². The largest absolute Gasteiger partial charge is 0.506 e. The van der Waals surface area contributed by atoms with E-state index in [-0.39, 0.29) is 39.7 Å². The lowest BCUT2D eigenvalue weighted by Gasteiger charge is -2.24. The molecule has 126 valence electrons. The summed E-state index contributed by atoms with van der Waals surface area (Å²) in [5, 5.41) is 21.2. The Morgan fingerprint density at radius 2 is 1.96 bits per heavy atom. The molecule has 0 bridgehead atoms. The van der Waals surface area contributed by atoms with Crippen molar-refractivity contribution in [2.45, 2.75) is 26.4 Å². The zero-order valence-electron chi connectivity index (χ0n) is 13.4. The average Bonchev–Trinajstić information content (AvgIpc) is 2.48. The van der Waals surface area contributed by atoms with Crippen molar-refractivity contribution in [2.24, 2.45) is 0 Å². The first kappa shape index (κ1) is 15.9. The molecule has 0 spiro atoms. The van der Waals surface area contributed by atoms with Crippen LogP contribution < -0.4 is 9.47 Å². The number of aromatic hydroxyl groups is 2. The predicted molar refractivity (Wildman–Crippen MR) is 83.7 cm³/mol. The molecular weight excluding hydrogens is 316 g/mol. The molecule has 1 atom stereocenters. The molecule has 2 aromatic rings. The van der Waals surface area contributed by atoms with Crippen molar-refractivity contribution in [1.82, 2.24) is 0 Å². The van der Waals surface area contributed by atoms with Gasteiger partial charge in [0.25, 0.3) is 0 Å². The molecule has 0 amide bonds. The number of ether oxygens (including phenoxy) is 3. The lowest BCUT2D eigenvalue weighted by Crippen LogP contribution is -2.25. The number of carbonyl (C=O) groups excluding carboxylic acids is 2. The number of benzene rings is 2. The summed E-state index contributed by atoms with van der Waals surface area (Å²) in [6, 6.07) is 2.86. The molecular formula is C17H16O7. The smallest absolute Gasteiger partial charge is 0.342 e. The summed E-state index contributed by atoms with van der Waals surface area (Å²) >= 11 is 0. The Morgan fingerprint density at radius 3 is 2.58 bits per heavy atom. The molecule has 7 heteroatoms. The second-order valence-electron chi connectivity index (χ2n) is 5.62. The number of hydrogen-bond acceptors (Lipinski definition) is 7. The van der Waals surface area contributed by atoms with Crippen molar-refractivity contribution in [1.29, 1.82) is 0 Å².